The van der Waals surface area contributed by atoms with Gasteiger partial charge in [-0.1, -0.05) is 25.5 Å². The summed E-state index contributed by atoms with van der Waals surface area (Å²) in [6.07, 6.45) is 12.1. The van der Waals surface area contributed by atoms with Crippen molar-refractivity contribution in [1.82, 2.24) is 5.32 Å². The Morgan fingerprint density at radius 3 is 2.64 bits per heavy atom. The maximum atomic E-state index is 12.5. The molecule has 0 aliphatic heterocycles. The van der Waals surface area contributed by atoms with E-state index < -0.39 is 0 Å². The zero-order valence-corrected chi connectivity index (χ0v) is 16.3. The van der Waals surface area contributed by atoms with Crippen LogP contribution in [0.4, 0.5) is 0 Å². The number of ketones is 1. The molecule has 6 atom stereocenters. The summed E-state index contributed by atoms with van der Waals surface area (Å²) in [5.74, 6) is 2.77. The van der Waals surface area contributed by atoms with Crippen LogP contribution < -0.4 is 5.32 Å². The minimum absolute atomic E-state index is 0.00616. The highest BCUT2D eigenvalue weighted by molar-refractivity contribution is 5.87. The first-order chi connectivity index (χ1) is 12.0. The van der Waals surface area contributed by atoms with Crippen LogP contribution in [-0.2, 0) is 9.53 Å². The smallest absolute Gasteiger partial charge is 0.139 e. The van der Waals surface area contributed by atoms with Crippen molar-refractivity contribution in [1.29, 1.82) is 0 Å². The molecule has 3 unspecified atom stereocenters. The van der Waals surface area contributed by atoms with Crippen LogP contribution in [0.5, 0.6) is 0 Å². The van der Waals surface area contributed by atoms with Crippen LogP contribution >= 0.6 is 0 Å². The quantitative estimate of drug-likeness (QED) is 0.615. The summed E-state index contributed by atoms with van der Waals surface area (Å²) in [5, 5.41) is 3.16. The fourth-order valence-electron chi connectivity index (χ4n) is 6.91. The molecule has 3 heteroatoms. The number of hydrogen-bond donors (Lipinski definition) is 1. The molecule has 0 bridgehead atoms. The summed E-state index contributed by atoms with van der Waals surface area (Å²) in [6.45, 7) is 6.54. The van der Waals surface area contributed by atoms with Crippen molar-refractivity contribution in [2.24, 2.45) is 28.6 Å². The standard InChI is InChI=1S/C22H35NO2/c1-21-10-8-16(25-13-12-23-3)14-15(21)4-5-17-18-6-7-20(24)22(18,2)11-9-19(17)21/h14,16-19,23H,4-13H2,1-3H3/t16-,17?,18?,19?,21-,22-/m0/s1. The number of nitrogens with one attached hydrogen (secondary N) is 1. The summed E-state index contributed by atoms with van der Waals surface area (Å²) >= 11 is 0. The predicted octanol–water partition coefficient (Wildman–Crippen LogP) is 4.12. The van der Waals surface area contributed by atoms with E-state index >= 15 is 0 Å². The van der Waals surface area contributed by atoms with Crippen molar-refractivity contribution < 1.29 is 9.53 Å². The minimum atomic E-state index is 0.00616. The molecule has 0 saturated heterocycles. The van der Waals surface area contributed by atoms with E-state index in [-0.39, 0.29) is 5.41 Å². The van der Waals surface area contributed by atoms with Crippen LogP contribution in [0.15, 0.2) is 11.6 Å². The molecule has 0 heterocycles. The number of rotatable bonds is 4. The van der Waals surface area contributed by atoms with Gasteiger partial charge in [-0.3, -0.25) is 4.79 Å². The molecule has 4 rings (SSSR count). The van der Waals surface area contributed by atoms with Crippen molar-refractivity contribution in [2.45, 2.75) is 71.3 Å². The van der Waals surface area contributed by atoms with Crippen LogP contribution in [-0.4, -0.2) is 32.1 Å². The Bertz CT molecular complexity index is 570. The van der Waals surface area contributed by atoms with E-state index in [0.717, 1.165) is 50.7 Å². The molecule has 1 N–H and O–H groups in total. The fraction of sp³-hybridized carbons (Fsp3) is 0.864. The van der Waals surface area contributed by atoms with Gasteiger partial charge in [0.2, 0.25) is 0 Å². The Labute approximate surface area is 153 Å². The number of ether oxygens (including phenoxy) is 1. The predicted molar refractivity (Wildman–Crippen MR) is 100 cm³/mol. The molecular formula is C22H35NO2. The molecule has 0 aromatic carbocycles. The van der Waals surface area contributed by atoms with Crippen LogP contribution in [0.25, 0.3) is 0 Å². The molecule has 0 amide bonds. The van der Waals surface area contributed by atoms with Gasteiger partial charge in [0, 0.05) is 18.4 Å². The zero-order chi connectivity index (χ0) is 17.7. The van der Waals surface area contributed by atoms with E-state index in [1.807, 2.05) is 7.05 Å². The van der Waals surface area contributed by atoms with Crippen molar-refractivity contribution in [3.63, 3.8) is 0 Å². The molecule has 0 aromatic heterocycles. The summed E-state index contributed by atoms with van der Waals surface area (Å²) in [5.41, 5.74) is 2.03. The van der Waals surface area contributed by atoms with E-state index in [9.17, 15) is 4.79 Å². The molecule has 140 valence electrons. The first kappa shape index (κ1) is 17.7. The van der Waals surface area contributed by atoms with E-state index in [1.165, 1.54) is 25.7 Å². The van der Waals surface area contributed by atoms with Gasteiger partial charge in [0.15, 0.2) is 0 Å². The highest BCUT2D eigenvalue weighted by Crippen LogP contribution is 2.64. The summed E-state index contributed by atoms with van der Waals surface area (Å²) in [6, 6.07) is 0. The lowest BCUT2D eigenvalue weighted by Gasteiger charge is -2.57. The molecule has 0 aromatic rings. The van der Waals surface area contributed by atoms with Gasteiger partial charge in [-0.25, -0.2) is 0 Å². The SMILES string of the molecule is CNCCO[C@@H]1C=C2CCC3C(CC[C@]4(C)C(=O)CCC34)[C@@]2(C)CC1. The molecule has 3 fully saturated rings. The number of carbonyl (C=O) groups is 1. The molecule has 0 radical (unpaired) electrons. The third kappa shape index (κ3) is 2.73. The Morgan fingerprint density at radius 2 is 1.84 bits per heavy atom. The molecule has 4 aliphatic rings. The molecular weight excluding hydrogens is 310 g/mol. The number of allylic oxidation sites excluding steroid dienone is 1. The Hall–Kier alpha value is -0.670. The number of likely N-dealkylation sites (N-methyl/N-ethyl adjacent to an activating group) is 1. The molecule has 3 nitrogen and oxygen atoms in total. The second-order valence-corrected chi connectivity index (χ2v) is 9.49. The van der Waals surface area contributed by atoms with Gasteiger partial charge < -0.3 is 10.1 Å². The highest BCUT2D eigenvalue weighted by Gasteiger charge is 2.58. The normalized spacial score (nSPS) is 46.2. The zero-order valence-electron chi connectivity index (χ0n) is 16.3. The first-order valence-corrected chi connectivity index (χ1v) is 10.5. The van der Waals surface area contributed by atoms with Gasteiger partial charge >= 0.3 is 0 Å². The van der Waals surface area contributed by atoms with Gasteiger partial charge in [-0.2, -0.15) is 0 Å². The lowest BCUT2D eigenvalue weighted by Crippen LogP contribution is -2.50. The Balaban J connectivity index is 1.53. The molecule has 25 heavy (non-hydrogen) atoms. The number of carbonyl (C=O) groups excluding carboxylic acids is 1. The van der Waals surface area contributed by atoms with Gasteiger partial charge in [0.05, 0.1) is 12.7 Å². The van der Waals surface area contributed by atoms with Crippen molar-refractivity contribution in [3.8, 4) is 0 Å². The third-order valence-corrected chi connectivity index (χ3v) is 8.46. The monoisotopic (exact) mass is 345 g/mol. The third-order valence-electron chi connectivity index (χ3n) is 8.46. The van der Waals surface area contributed by atoms with Crippen molar-refractivity contribution in [2.75, 3.05) is 20.2 Å². The summed E-state index contributed by atoms with van der Waals surface area (Å²) in [4.78, 5) is 12.5. The largest absolute Gasteiger partial charge is 0.373 e. The number of hydrogen-bond acceptors (Lipinski definition) is 3. The van der Waals surface area contributed by atoms with Gasteiger partial charge in [0.25, 0.3) is 0 Å². The average Bonchev–Trinajstić information content (AvgIpc) is 2.90. The van der Waals surface area contributed by atoms with E-state index in [0.29, 0.717) is 23.2 Å². The number of Topliss-reactive ketones (excluding diaryl/α,β-unsaturated/α-hetero) is 1. The summed E-state index contributed by atoms with van der Waals surface area (Å²) < 4.78 is 6.07. The fourth-order valence-corrected chi connectivity index (χ4v) is 6.91. The van der Waals surface area contributed by atoms with Crippen LogP contribution in [0, 0.1) is 28.6 Å². The van der Waals surface area contributed by atoms with Crippen LogP contribution in [0.3, 0.4) is 0 Å². The topological polar surface area (TPSA) is 38.3 Å². The highest BCUT2D eigenvalue weighted by atomic mass is 16.5. The van der Waals surface area contributed by atoms with Gasteiger partial charge in [0.1, 0.15) is 5.78 Å². The molecule has 4 aliphatic carbocycles. The summed E-state index contributed by atoms with van der Waals surface area (Å²) in [7, 11) is 1.98. The van der Waals surface area contributed by atoms with E-state index in [1.54, 1.807) is 5.57 Å². The van der Waals surface area contributed by atoms with Gasteiger partial charge in [-0.15, -0.1) is 0 Å². The lowest BCUT2D eigenvalue weighted by molar-refractivity contribution is -0.132. The minimum Gasteiger partial charge on any atom is -0.373 e. The lowest BCUT2D eigenvalue weighted by atomic mass is 9.47. The van der Waals surface area contributed by atoms with E-state index in [2.05, 4.69) is 25.2 Å². The second-order valence-electron chi connectivity index (χ2n) is 9.49. The van der Waals surface area contributed by atoms with Crippen molar-refractivity contribution in [3.05, 3.63) is 11.6 Å². The van der Waals surface area contributed by atoms with E-state index in [4.69, 9.17) is 4.74 Å². The van der Waals surface area contributed by atoms with Crippen LogP contribution in [0.2, 0.25) is 0 Å². The maximum Gasteiger partial charge on any atom is 0.139 e. The molecule has 3 saturated carbocycles. The second kappa shape index (κ2) is 6.49. The molecule has 0 spiro atoms. The average molecular weight is 346 g/mol. The maximum absolute atomic E-state index is 12.5. The van der Waals surface area contributed by atoms with Gasteiger partial charge in [-0.05, 0) is 75.2 Å². The van der Waals surface area contributed by atoms with Crippen molar-refractivity contribution >= 4 is 5.78 Å². The Kier molecular flexibility index (Phi) is 4.60. The van der Waals surface area contributed by atoms with Crippen LogP contribution in [0.1, 0.15) is 65.2 Å². The first-order valence-electron chi connectivity index (χ1n) is 10.5. The number of fused-ring (bicyclic) bond motifs is 5. The Morgan fingerprint density at radius 1 is 1.08 bits per heavy atom.